The van der Waals surface area contributed by atoms with E-state index in [2.05, 4.69) is 5.32 Å². The van der Waals surface area contributed by atoms with E-state index in [9.17, 15) is 9.90 Å². The molecule has 6 heteroatoms. The average Bonchev–Trinajstić information content (AvgIpc) is 2.57. The van der Waals surface area contributed by atoms with Crippen molar-refractivity contribution >= 4 is 12.0 Å². The summed E-state index contributed by atoms with van der Waals surface area (Å²) in [5.74, 6) is 0.734. The first kappa shape index (κ1) is 21.0. The normalized spacial score (nSPS) is 12.4. The van der Waals surface area contributed by atoms with Gasteiger partial charge in [-0.3, -0.25) is 0 Å². The summed E-state index contributed by atoms with van der Waals surface area (Å²) in [4.78, 5) is 11.4. The van der Waals surface area contributed by atoms with Gasteiger partial charge in [0.15, 0.2) is 11.5 Å². The molecule has 2 N–H and O–H groups in total. The van der Waals surface area contributed by atoms with Crippen molar-refractivity contribution in [2.75, 3.05) is 26.4 Å². The highest BCUT2D eigenvalue weighted by Gasteiger charge is 2.10. The Bertz CT molecular complexity index is 557. The molecule has 0 fully saturated rings. The molecule has 1 atom stereocenters. The lowest BCUT2D eigenvalue weighted by Gasteiger charge is -2.17. The molecule has 1 aromatic rings. The van der Waals surface area contributed by atoms with Crippen molar-refractivity contribution < 1.29 is 24.1 Å². The highest BCUT2D eigenvalue weighted by atomic mass is 16.5. The molecule has 140 valence electrons. The number of esters is 1. The van der Waals surface area contributed by atoms with E-state index in [1.54, 1.807) is 25.1 Å². The minimum absolute atomic E-state index is 0.164. The lowest BCUT2D eigenvalue weighted by atomic mass is 10.2. The molecular weight excluding hydrogens is 322 g/mol. The van der Waals surface area contributed by atoms with Gasteiger partial charge in [-0.25, -0.2) is 4.79 Å². The molecule has 0 amide bonds. The molecule has 1 rings (SSSR count). The van der Waals surface area contributed by atoms with Crippen molar-refractivity contribution in [1.82, 2.24) is 5.32 Å². The van der Waals surface area contributed by atoms with Crippen LogP contribution in [0.5, 0.6) is 11.5 Å². The van der Waals surface area contributed by atoms with Gasteiger partial charge in [-0.1, -0.05) is 19.9 Å². The maximum Gasteiger partial charge on any atom is 0.330 e. The van der Waals surface area contributed by atoms with E-state index in [1.807, 2.05) is 26.8 Å². The van der Waals surface area contributed by atoms with Gasteiger partial charge in [-0.05, 0) is 37.6 Å². The molecular formula is C19H29NO5. The van der Waals surface area contributed by atoms with Crippen LogP contribution in [0.1, 0.15) is 33.3 Å². The minimum Gasteiger partial charge on any atom is -0.490 e. The van der Waals surface area contributed by atoms with Crippen molar-refractivity contribution in [2.24, 2.45) is 0 Å². The molecule has 0 radical (unpaired) electrons. The SMILES string of the molecule is CCOC(=O)C=Cc1ccc(OCC(O)CNC(C)C)c(OCC)c1. The Labute approximate surface area is 149 Å². The summed E-state index contributed by atoms with van der Waals surface area (Å²) in [6.07, 6.45) is 2.42. The van der Waals surface area contributed by atoms with Crippen LogP contribution in [-0.4, -0.2) is 49.6 Å². The molecule has 0 bridgehead atoms. The number of benzene rings is 1. The van der Waals surface area contributed by atoms with Crippen LogP contribution in [0.15, 0.2) is 24.3 Å². The van der Waals surface area contributed by atoms with E-state index in [4.69, 9.17) is 14.2 Å². The second-order valence-electron chi connectivity index (χ2n) is 5.75. The molecule has 0 aliphatic rings. The summed E-state index contributed by atoms with van der Waals surface area (Å²) in [5.41, 5.74) is 0.797. The number of nitrogens with one attached hydrogen (secondary N) is 1. The van der Waals surface area contributed by atoms with E-state index < -0.39 is 6.10 Å². The Kier molecular flexibility index (Phi) is 9.65. The first-order chi connectivity index (χ1) is 12.0. The predicted molar refractivity (Wildman–Crippen MR) is 97.9 cm³/mol. The first-order valence-corrected chi connectivity index (χ1v) is 8.62. The predicted octanol–water partition coefficient (Wildman–Crippen LogP) is 2.40. The smallest absolute Gasteiger partial charge is 0.330 e. The zero-order valence-corrected chi connectivity index (χ0v) is 15.5. The average molecular weight is 351 g/mol. The lowest BCUT2D eigenvalue weighted by molar-refractivity contribution is -0.137. The molecule has 0 heterocycles. The number of ether oxygens (including phenoxy) is 3. The van der Waals surface area contributed by atoms with Gasteiger partial charge < -0.3 is 24.6 Å². The maximum atomic E-state index is 11.4. The van der Waals surface area contributed by atoms with Gasteiger partial charge >= 0.3 is 5.97 Å². The highest BCUT2D eigenvalue weighted by Crippen LogP contribution is 2.29. The fourth-order valence-corrected chi connectivity index (χ4v) is 1.99. The van der Waals surface area contributed by atoms with Crippen molar-refractivity contribution in [3.63, 3.8) is 0 Å². The van der Waals surface area contributed by atoms with Crippen LogP contribution in [0.2, 0.25) is 0 Å². The highest BCUT2D eigenvalue weighted by molar-refractivity contribution is 5.87. The molecule has 6 nitrogen and oxygen atoms in total. The summed E-state index contributed by atoms with van der Waals surface area (Å²) in [7, 11) is 0. The van der Waals surface area contributed by atoms with E-state index in [0.29, 0.717) is 37.3 Å². The lowest BCUT2D eigenvalue weighted by Crippen LogP contribution is -2.35. The van der Waals surface area contributed by atoms with Crippen molar-refractivity contribution in [2.45, 2.75) is 39.8 Å². The molecule has 1 aromatic carbocycles. The molecule has 25 heavy (non-hydrogen) atoms. The Morgan fingerprint density at radius 1 is 1.20 bits per heavy atom. The topological polar surface area (TPSA) is 77.0 Å². The number of carbonyl (C=O) groups is 1. The second-order valence-corrected chi connectivity index (χ2v) is 5.75. The van der Waals surface area contributed by atoms with Gasteiger partial charge in [-0.2, -0.15) is 0 Å². The van der Waals surface area contributed by atoms with Crippen molar-refractivity contribution in [1.29, 1.82) is 0 Å². The number of hydrogen-bond donors (Lipinski definition) is 2. The molecule has 0 aromatic heterocycles. The molecule has 1 unspecified atom stereocenters. The zero-order chi connectivity index (χ0) is 18.7. The molecule has 0 aliphatic carbocycles. The van der Waals surface area contributed by atoms with Gasteiger partial charge in [0, 0.05) is 18.7 Å². The number of carbonyl (C=O) groups excluding carboxylic acids is 1. The van der Waals surface area contributed by atoms with Gasteiger partial charge in [0.25, 0.3) is 0 Å². The summed E-state index contributed by atoms with van der Waals surface area (Å²) >= 11 is 0. The van der Waals surface area contributed by atoms with Crippen LogP contribution in [0.4, 0.5) is 0 Å². The fourth-order valence-electron chi connectivity index (χ4n) is 1.99. The van der Waals surface area contributed by atoms with Gasteiger partial charge in [-0.15, -0.1) is 0 Å². The van der Waals surface area contributed by atoms with E-state index >= 15 is 0 Å². The van der Waals surface area contributed by atoms with Gasteiger partial charge in [0.2, 0.25) is 0 Å². The third-order valence-electron chi connectivity index (χ3n) is 3.16. The van der Waals surface area contributed by atoms with E-state index in [1.165, 1.54) is 6.08 Å². The van der Waals surface area contributed by atoms with Crippen LogP contribution in [0.25, 0.3) is 6.08 Å². The summed E-state index contributed by atoms with van der Waals surface area (Å²) in [5, 5.41) is 13.1. The Morgan fingerprint density at radius 2 is 1.96 bits per heavy atom. The zero-order valence-electron chi connectivity index (χ0n) is 15.5. The van der Waals surface area contributed by atoms with Gasteiger partial charge in [0.05, 0.1) is 13.2 Å². The largest absolute Gasteiger partial charge is 0.490 e. The molecule has 0 saturated carbocycles. The molecule has 0 aliphatic heterocycles. The number of hydrogen-bond acceptors (Lipinski definition) is 6. The monoisotopic (exact) mass is 351 g/mol. The minimum atomic E-state index is -0.611. The van der Waals surface area contributed by atoms with Crippen LogP contribution in [0.3, 0.4) is 0 Å². The quantitative estimate of drug-likeness (QED) is 0.471. The summed E-state index contributed by atoms with van der Waals surface area (Å²) in [6, 6.07) is 5.66. The standard InChI is InChI=1S/C19H29NO5/c1-5-23-18-11-15(8-10-19(22)24-6-2)7-9-17(18)25-13-16(21)12-20-14(3)4/h7-11,14,16,20-21H,5-6,12-13H2,1-4H3. The first-order valence-electron chi connectivity index (χ1n) is 8.62. The molecule has 0 spiro atoms. The van der Waals surface area contributed by atoms with Crippen molar-refractivity contribution in [3.8, 4) is 11.5 Å². The number of aliphatic hydroxyl groups excluding tert-OH is 1. The van der Waals surface area contributed by atoms with E-state index in [-0.39, 0.29) is 12.6 Å². The number of aliphatic hydroxyl groups is 1. The van der Waals surface area contributed by atoms with Crippen LogP contribution >= 0.6 is 0 Å². The van der Waals surface area contributed by atoms with Crippen LogP contribution in [0, 0.1) is 0 Å². The van der Waals surface area contributed by atoms with Crippen LogP contribution < -0.4 is 14.8 Å². The fraction of sp³-hybridized carbons (Fsp3) is 0.526. The summed E-state index contributed by atoms with van der Waals surface area (Å²) < 4.78 is 16.1. The second kappa shape index (κ2) is 11.5. The molecule has 0 saturated heterocycles. The van der Waals surface area contributed by atoms with Crippen molar-refractivity contribution in [3.05, 3.63) is 29.8 Å². The number of rotatable bonds is 11. The summed E-state index contributed by atoms with van der Waals surface area (Å²) in [6.45, 7) is 9.13. The Hall–Kier alpha value is -2.05. The van der Waals surface area contributed by atoms with Crippen LogP contribution in [-0.2, 0) is 9.53 Å². The maximum absolute atomic E-state index is 11.4. The Morgan fingerprint density at radius 3 is 2.60 bits per heavy atom. The third kappa shape index (κ3) is 8.56. The Balaban J connectivity index is 2.71. The third-order valence-corrected chi connectivity index (χ3v) is 3.16. The van der Waals surface area contributed by atoms with E-state index in [0.717, 1.165) is 5.56 Å². The van der Waals surface area contributed by atoms with Gasteiger partial charge in [0.1, 0.15) is 12.7 Å².